The summed E-state index contributed by atoms with van der Waals surface area (Å²) in [5.41, 5.74) is 4.05. The average Bonchev–Trinajstić information content (AvgIpc) is 3.19. The lowest BCUT2D eigenvalue weighted by atomic mass is 9.93. The van der Waals surface area contributed by atoms with E-state index in [0.29, 0.717) is 6.54 Å². The average molecular weight is 371 g/mol. The smallest absolute Gasteiger partial charge is 0.226 e. The van der Waals surface area contributed by atoms with E-state index < -0.39 is 0 Å². The molecule has 28 heavy (non-hydrogen) atoms. The number of nitrogens with zero attached hydrogens (tertiary/aromatic N) is 3. The van der Waals surface area contributed by atoms with Gasteiger partial charge in [-0.25, -0.2) is 4.68 Å². The first-order chi connectivity index (χ1) is 13.7. The van der Waals surface area contributed by atoms with E-state index in [1.54, 1.807) is 0 Å². The third-order valence-electron chi connectivity index (χ3n) is 5.26. The van der Waals surface area contributed by atoms with Crippen LogP contribution < -0.4 is 0 Å². The summed E-state index contributed by atoms with van der Waals surface area (Å²) in [4.78, 5) is 14.7. The van der Waals surface area contributed by atoms with Crippen molar-refractivity contribution in [1.29, 1.82) is 0 Å². The first-order valence-corrected chi connectivity index (χ1v) is 9.82. The Labute approximate surface area is 166 Å². The molecule has 1 aliphatic carbocycles. The van der Waals surface area contributed by atoms with Gasteiger partial charge in [0, 0.05) is 36.8 Å². The Hall–Kier alpha value is -3.14. The summed E-state index contributed by atoms with van der Waals surface area (Å²) in [7, 11) is 1.90. The van der Waals surface area contributed by atoms with Crippen LogP contribution in [-0.4, -0.2) is 27.6 Å². The molecule has 0 spiro atoms. The predicted molar refractivity (Wildman–Crippen MR) is 112 cm³/mol. The summed E-state index contributed by atoms with van der Waals surface area (Å²) in [6, 6.07) is 20.2. The zero-order chi connectivity index (χ0) is 19.3. The van der Waals surface area contributed by atoms with Crippen molar-refractivity contribution in [1.82, 2.24) is 14.7 Å². The van der Waals surface area contributed by atoms with Crippen molar-refractivity contribution in [2.75, 3.05) is 7.05 Å². The van der Waals surface area contributed by atoms with Gasteiger partial charge in [0.1, 0.15) is 0 Å². The summed E-state index contributed by atoms with van der Waals surface area (Å²) in [5.74, 6) is 0.315. The van der Waals surface area contributed by atoms with Crippen molar-refractivity contribution >= 4 is 5.91 Å². The molecular formula is C24H25N3O. The maximum absolute atomic E-state index is 12.9. The van der Waals surface area contributed by atoms with E-state index in [1.165, 1.54) is 0 Å². The standard InChI is InChI=1S/C24H25N3O/c1-26(24(28)20-13-7-3-8-14-20)17-21-18-27(22-15-9-4-10-16-22)25-23(21)19-11-5-2-6-12-19/h2-7,9-12,15-16,18,20H,8,13-14,17H2,1H3/t20-/m0/s1. The Kier molecular flexibility index (Phi) is 5.38. The van der Waals surface area contributed by atoms with Gasteiger partial charge in [-0.2, -0.15) is 5.10 Å². The Morgan fingerprint density at radius 2 is 1.79 bits per heavy atom. The zero-order valence-corrected chi connectivity index (χ0v) is 16.2. The van der Waals surface area contributed by atoms with Gasteiger partial charge in [-0.3, -0.25) is 4.79 Å². The van der Waals surface area contributed by atoms with E-state index in [9.17, 15) is 4.79 Å². The van der Waals surface area contributed by atoms with Gasteiger partial charge in [0.25, 0.3) is 0 Å². The normalized spacial score (nSPS) is 16.1. The largest absolute Gasteiger partial charge is 0.341 e. The number of aromatic nitrogens is 2. The highest BCUT2D eigenvalue weighted by Crippen LogP contribution is 2.26. The molecule has 0 saturated heterocycles. The molecule has 1 amide bonds. The van der Waals surface area contributed by atoms with E-state index in [-0.39, 0.29) is 11.8 Å². The summed E-state index contributed by atoms with van der Waals surface area (Å²) in [5, 5.41) is 4.84. The monoisotopic (exact) mass is 371 g/mol. The van der Waals surface area contributed by atoms with Gasteiger partial charge in [0.15, 0.2) is 0 Å². The molecule has 0 saturated carbocycles. The maximum Gasteiger partial charge on any atom is 0.226 e. The van der Waals surface area contributed by atoms with E-state index in [4.69, 9.17) is 5.10 Å². The molecule has 1 aromatic heterocycles. The third kappa shape index (κ3) is 3.91. The molecule has 0 radical (unpaired) electrons. The predicted octanol–water partition coefficient (Wildman–Crippen LogP) is 4.85. The van der Waals surface area contributed by atoms with Crippen molar-refractivity contribution in [3.8, 4) is 16.9 Å². The highest BCUT2D eigenvalue weighted by Gasteiger charge is 2.23. The lowest BCUT2D eigenvalue weighted by Crippen LogP contribution is -2.33. The van der Waals surface area contributed by atoms with Crippen molar-refractivity contribution < 1.29 is 4.79 Å². The van der Waals surface area contributed by atoms with Crippen molar-refractivity contribution in [2.45, 2.75) is 25.8 Å². The highest BCUT2D eigenvalue weighted by atomic mass is 16.2. The molecule has 0 bridgehead atoms. The van der Waals surface area contributed by atoms with Gasteiger partial charge < -0.3 is 4.90 Å². The molecule has 1 heterocycles. The molecule has 2 aromatic carbocycles. The summed E-state index contributed by atoms with van der Waals surface area (Å²) in [6.07, 6.45) is 9.12. The number of hydrogen-bond donors (Lipinski definition) is 0. The molecule has 0 fully saturated rings. The lowest BCUT2D eigenvalue weighted by molar-refractivity contribution is -0.134. The number of para-hydroxylation sites is 1. The van der Waals surface area contributed by atoms with Gasteiger partial charge in [-0.1, -0.05) is 60.7 Å². The van der Waals surface area contributed by atoms with Crippen LogP contribution in [0, 0.1) is 5.92 Å². The van der Waals surface area contributed by atoms with Crippen LogP contribution in [0.15, 0.2) is 79.0 Å². The van der Waals surface area contributed by atoms with Crippen LogP contribution in [0.1, 0.15) is 24.8 Å². The Balaban J connectivity index is 1.64. The molecule has 0 unspecified atom stereocenters. The summed E-state index contributed by atoms with van der Waals surface area (Å²) in [6.45, 7) is 0.552. The topological polar surface area (TPSA) is 38.1 Å². The minimum atomic E-state index is 0.0966. The second-order valence-corrected chi connectivity index (χ2v) is 7.32. The van der Waals surface area contributed by atoms with Crippen LogP contribution in [0.2, 0.25) is 0 Å². The van der Waals surface area contributed by atoms with E-state index in [0.717, 1.165) is 41.8 Å². The molecule has 3 aromatic rings. The van der Waals surface area contributed by atoms with Gasteiger partial charge in [-0.05, 0) is 31.4 Å². The number of carbonyl (C=O) groups is 1. The van der Waals surface area contributed by atoms with Crippen LogP contribution in [0.5, 0.6) is 0 Å². The molecule has 1 aliphatic rings. The fourth-order valence-electron chi connectivity index (χ4n) is 3.74. The SMILES string of the molecule is CN(Cc1cn(-c2ccccc2)nc1-c1ccccc1)C(=O)[C@H]1CC=CCC1. The molecule has 4 heteroatoms. The second kappa shape index (κ2) is 8.26. The van der Waals surface area contributed by atoms with Crippen LogP contribution in [0.25, 0.3) is 16.9 Å². The summed E-state index contributed by atoms with van der Waals surface area (Å²) >= 11 is 0. The Morgan fingerprint density at radius 1 is 1.07 bits per heavy atom. The highest BCUT2D eigenvalue weighted by molar-refractivity contribution is 5.79. The number of carbonyl (C=O) groups excluding carboxylic acids is 1. The minimum absolute atomic E-state index is 0.0966. The first kappa shape index (κ1) is 18.2. The molecular weight excluding hydrogens is 346 g/mol. The fourth-order valence-corrected chi connectivity index (χ4v) is 3.74. The van der Waals surface area contributed by atoms with Gasteiger partial charge in [-0.15, -0.1) is 0 Å². The first-order valence-electron chi connectivity index (χ1n) is 9.82. The lowest BCUT2D eigenvalue weighted by Gasteiger charge is -2.24. The van der Waals surface area contributed by atoms with Crippen LogP contribution in [0.4, 0.5) is 0 Å². The molecule has 0 aliphatic heterocycles. The van der Waals surface area contributed by atoms with E-state index >= 15 is 0 Å². The van der Waals surface area contributed by atoms with Gasteiger partial charge in [0.2, 0.25) is 5.91 Å². The maximum atomic E-state index is 12.9. The molecule has 4 nitrogen and oxygen atoms in total. The van der Waals surface area contributed by atoms with Crippen LogP contribution in [0.3, 0.4) is 0 Å². The number of benzene rings is 2. The zero-order valence-electron chi connectivity index (χ0n) is 16.2. The molecule has 142 valence electrons. The van der Waals surface area contributed by atoms with Crippen molar-refractivity contribution in [3.05, 3.63) is 84.6 Å². The fraction of sp³-hybridized carbons (Fsp3) is 0.250. The van der Waals surface area contributed by atoms with Crippen LogP contribution in [-0.2, 0) is 11.3 Å². The molecule has 4 rings (SSSR count). The number of rotatable bonds is 5. The van der Waals surface area contributed by atoms with Gasteiger partial charge in [0.05, 0.1) is 11.4 Å². The van der Waals surface area contributed by atoms with E-state index in [1.807, 2.05) is 71.4 Å². The number of allylic oxidation sites excluding steroid dienone is 2. The second-order valence-electron chi connectivity index (χ2n) is 7.32. The Bertz CT molecular complexity index is 960. The van der Waals surface area contributed by atoms with Crippen LogP contribution >= 0.6 is 0 Å². The quantitative estimate of drug-likeness (QED) is 0.601. The molecule has 1 atom stereocenters. The Morgan fingerprint density at radius 3 is 2.46 bits per heavy atom. The third-order valence-corrected chi connectivity index (χ3v) is 5.26. The number of amides is 1. The summed E-state index contributed by atoms with van der Waals surface area (Å²) < 4.78 is 1.90. The molecule has 0 N–H and O–H groups in total. The number of hydrogen-bond acceptors (Lipinski definition) is 2. The van der Waals surface area contributed by atoms with Crippen molar-refractivity contribution in [2.24, 2.45) is 5.92 Å². The minimum Gasteiger partial charge on any atom is -0.341 e. The van der Waals surface area contributed by atoms with Crippen molar-refractivity contribution in [3.63, 3.8) is 0 Å². The van der Waals surface area contributed by atoms with Gasteiger partial charge >= 0.3 is 0 Å². The van der Waals surface area contributed by atoms with E-state index in [2.05, 4.69) is 24.3 Å².